The molecule has 7 nitrogen and oxygen atoms in total. The zero-order valence-electron chi connectivity index (χ0n) is 15.0. The standard InChI is InChI=1S/C19H22N4O3/c1-19(2,3)14-9-7-13(8-10-14)17(25)21-12-16(24)22-23-18(26)15-6-4-5-11-20-15/h4-11H,12H2,1-3H3,(H,21,25)(H,22,24)(H,23,26). The molecule has 1 aromatic heterocycles. The number of benzene rings is 1. The summed E-state index contributed by atoms with van der Waals surface area (Å²) >= 11 is 0. The number of carbonyl (C=O) groups excluding carboxylic acids is 3. The van der Waals surface area contributed by atoms with Gasteiger partial charge in [0.25, 0.3) is 17.7 Å². The predicted molar refractivity (Wildman–Crippen MR) is 97.3 cm³/mol. The predicted octanol–water partition coefficient (Wildman–Crippen LogP) is 1.57. The topological polar surface area (TPSA) is 100 Å². The molecule has 26 heavy (non-hydrogen) atoms. The number of pyridine rings is 1. The Labute approximate surface area is 152 Å². The number of hydrogen-bond acceptors (Lipinski definition) is 4. The molecule has 0 saturated carbocycles. The first-order valence-electron chi connectivity index (χ1n) is 8.16. The van der Waals surface area contributed by atoms with Crippen molar-refractivity contribution in [2.75, 3.05) is 6.54 Å². The quantitative estimate of drug-likeness (QED) is 0.726. The lowest BCUT2D eigenvalue weighted by atomic mass is 9.87. The number of hydrogen-bond donors (Lipinski definition) is 3. The van der Waals surface area contributed by atoms with E-state index in [-0.39, 0.29) is 23.6 Å². The first-order chi connectivity index (χ1) is 12.3. The zero-order chi connectivity index (χ0) is 19.2. The van der Waals surface area contributed by atoms with E-state index >= 15 is 0 Å². The van der Waals surface area contributed by atoms with Crippen molar-refractivity contribution in [2.45, 2.75) is 26.2 Å². The van der Waals surface area contributed by atoms with Crippen LogP contribution in [0.5, 0.6) is 0 Å². The molecule has 1 aromatic carbocycles. The van der Waals surface area contributed by atoms with Crippen LogP contribution in [0, 0.1) is 0 Å². The van der Waals surface area contributed by atoms with Crippen LogP contribution < -0.4 is 16.2 Å². The van der Waals surface area contributed by atoms with Gasteiger partial charge >= 0.3 is 0 Å². The molecule has 0 radical (unpaired) electrons. The number of aromatic nitrogens is 1. The molecule has 0 aliphatic rings. The Balaban J connectivity index is 1.80. The van der Waals surface area contributed by atoms with E-state index in [0.29, 0.717) is 5.56 Å². The third-order valence-electron chi connectivity index (χ3n) is 3.64. The van der Waals surface area contributed by atoms with Gasteiger partial charge in [-0.15, -0.1) is 0 Å². The number of rotatable bonds is 4. The highest BCUT2D eigenvalue weighted by molar-refractivity contribution is 5.97. The summed E-state index contributed by atoms with van der Waals surface area (Å²) in [5.41, 5.74) is 6.21. The molecule has 1 heterocycles. The summed E-state index contributed by atoms with van der Waals surface area (Å²) < 4.78 is 0. The maximum atomic E-state index is 12.1. The Morgan fingerprint density at radius 1 is 0.923 bits per heavy atom. The second-order valence-corrected chi connectivity index (χ2v) is 6.73. The highest BCUT2D eigenvalue weighted by atomic mass is 16.2. The van der Waals surface area contributed by atoms with Crippen LogP contribution in [-0.2, 0) is 10.2 Å². The third-order valence-corrected chi connectivity index (χ3v) is 3.64. The van der Waals surface area contributed by atoms with Crippen LogP contribution in [0.4, 0.5) is 0 Å². The summed E-state index contributed by atoms with van der Waals surface area (Å²) in [5.74, 6) is -1.45. The molecule has 0 aliphatic heterocycles. The van der Waals surface area contributed by atoms with Crippen LogP contribution in [0.25, 0.3) is 0 Å². The summed E-state index contributed by atoms with van der Waals surface area (Å²) in [4.78, 5) is 39.4. The van der Waals surface area contributed by atoms with Gasteiger partial charge in [0.15, 0.2) is 0 Å². The van der Waals surface area contributed by atoms with Gasteiger partial charge in [0.2, 0.25) is 0 Å². The Kier molecular flexibility index (Phi) is 6.06. The van der Waals surface area contributed by atoms with Gasteiger partial charge < -0.3 is 5.32 Å². The van der Waals surface area contributed by atoms with Crippen molar-refractivity contribution in [2.24, 2.45) is 0 Å². The van der Waals surface area contributed by atoms with E-state index in [1.165, 1.54) is 12.3 Å². The molecule has 2 rings (SSSR count). The van der Waals surface area contributed by atoms with Crippen molar-refractivity contribution in [1.82, 2.24) is 21.2 Å². The monoisotopic (exact) mass is 354 g/mol. The van der Waals surface area contributed by atoms with E-state index in [1.54, 1.807) is 24.3 Å². The van der Waals surface area contributed by atoms with E-state index < -0.39 is 11.8 Å². The highest BCUT2D eigenvalue weighted by Crippen LogP contribution is 2.22. The molecule has 0 spiro atoms. The van der Waals surface area contributed by atoms with Crippen molar-refractivity contribution in [1.29, 1.82) is 0 Å². The zero-order valence-corrected chi connectivity index (χ0v) is 15.0. The van der Waals surface area contributed by atoms with Gasteiger partial charge in [0.1, 0.15) is 5.69 Å². The van der Waals surface area contributed by atoms with E-state index in [0.717, 1.165) is 5.56 Å². The van der Waals surface area contributed by atoms with Crippen LogP contribution in [-0.4, -0.2) is 29.3 Å². The molecule has 0 atom stereocenters. The van der Waals surface area contributed by atoms with E-state index in [1.807, 2.05) is 12.1 Å². The minimum atomic E-state index is -0.547. The molecule has 3 N–H and O–H groups in total. The summed E-state index contributed by atoms with van der Waals surface area (Å²) in [5, 5.41) is 2.50. The van der Waals surface area contributed by atoms with Crippen LogP contribution in [0.1, 0.15) is 47.2 Å². The second kappa shape index (κ2) is 8.24. The van der Waals surface area contributed by atoms with Crippen molar-refractivity contribution < 1.29 is 14.4 Å². The Bertz CT molecular complexity index is 781. The number of carbonyl (C=O) groups is 3. The molecule has 0 aliphatic carbocycles. The lowest BCUT2D eigenvalue weighted by Gasteiger charge is -2.19. The molecule has 3 amide bonds. The fourth-order valence-electron chi connectivity index (χ4n) is 2.12. The molecule has 0 unspecified atom stereocenters. The maximum Gasteiger partial charge on any atom is 0.288 e. The molecule has 0 fully saturated rings. The largest absolute Gasteiger partial charge is 0.343 e. The van der Waals surface area contributed by atoms with Gasteiger partial charge in [-0.2, -0.15) is 0 Å². The fourth-order valence-corrected chi connectivity index (χ4v) is 2.12. The summed E-state index contributed by atoms with van der Waals surface area (Å²) in [6.07, 6.45) is 1.47. The van der Waals surface area contributed by atoms with Gasteiger partial charge in [-0.1, -0.05) is 39.0 Å². The minimum Gasteiger partial charge on any atom is -0.343 e. The first kappa shape index (κ1) is 19.1. The molecule has 7 heteroatoms. The van der Waals surface area contributed by atoms with Gasteiger partial charge in [0, 0.05) is 11.8 Å². The molecular formula is C19H22N4O3. The van der Waals surface area contributed by atoms with Crippen molar-refractivity contribution in [3.05, 3.63) is 65.5 Å². The maximum absolute atomic E-state index is 12.1. The Morgan fingerprint density at radius 2 is 1.62 bits per heavy atom. The second-order valence-electron chi connectivity index (χ2n) is 6.73. The van der Waals surface area contributed by atoms with E-state index in [9.17, 15) is 14.4 Å². The van der Waals surface area contributed by atoms with Gasteiger partial charge in [-0.3, -0.25) is 30.2 Å². The van der Waals surface area contributed by atoms with Gasteiger partial charge in [-0.25, -0.2) is 0 Å². The average molecular weight is 354 g/mol. The van der Waals surface area contributed by atoms with Crippen molar-refractivity contribution in [3.8, 4) is 0 Å². The normalized spacial score (nSPS) is 10.7. The summed E-state index contributed by atoms with van der Waals surface area (Å²) in [7, 11) is 0. The number of nitrogens with zero attached hydrogens (tertiary/aromatic N) is 1. The van der Waals surface area contributed by atoms with Crippen LogP contribution in [0.3, 0.4) is 0 Å². The highest BCUT2D eigenvalue weighted by Gasteiger charge is 2.15. The SMILES string of the molecule is CC(C)(C)c1ccc(C(=O)NCC(=O)NNC(=O)c2ccccn2)cc1. The van der Waals surface area contributed by atoms with Gasteiger partial charge in [-0.05, 0) is 35.2 Å². The van der Waals surface area contributed by atoms with E-state index in [4.69, 9.17) is 0 Å². The lowest BCUT2D eigenvalue weighted by molar-refractivity contribution is -0.120. The first-order valence-corrected chi connectivity index (χ1v) is 8.16. The molecule has 136 valence electrons. The summed E-state index contributed by atoms with van der Waals surface area (Å²) in [6, 6.07) is 12.1. The Hall–Kier alpha value is -3.22. The van der Waals surface area contributed by atoms with Crippen molar-refractivity contribution >= 4 is 17.7 Å². The van der Waals surface area contributed by atoms with Crippen molar-refractivity contribution in [3.63, 3.8) is 0 Å². The van der Waals surface area contributed by atoms with Gasteiger partial charge in [0.05, 0.1) is 6.54 Å². The van der Waals surface area contributed by atoms with E-state index in [2.05, 4.69) is 41.9 Å². The van der Waals surface area contributed by atoms with Crippen LogP contribution in [0.15, 0.2) is 48.7 Å². The fraction of sp³-hybridized carbons (Fsp3) is 0.263. The number of amides is 3. The number of nitrogens with one attached hydrogen (secondary N) is 3. The Morgan fingerprint density at radius 3 is 2.19 bits per heavy atom. The smallest absolute Gasteiger partial charge is 0.288 e. The molecule has 0 bridgehead atoms. The molecular weight excluding hydrogens is 332 g/mol. The average Bonchev–Trinajstić information content (AvgIpc) is 2.64. The molecule has 0 saturated heterocycles. The van der Waals surface area contributed by atoms with Crippen LogP contribution in [0.2, 0.25) is 0 Å². The lowest BCUT2D eigenvalue weighted by Crippen LogP contribution is -2.46. The summed E-state index contributed by atoms with van der Waals surface area (Å²) in [6.45, 7) is 6.01. The minimum absolute atomic E-state index is 0.000704. The van der Waals surface area contributed by atoms with Crippen LogP contribution >= 0.6 is 0 Å². The molecule has 2 aromatic rings. The number of hydrazine groups is 1. The third kappa shape index (κ3) is 5.41.